The second-order valence-electron chi connectivity index (χ2n) is 8.94. The monoisotopic (exact) mass is 465 g/mol. The summed E-state index contributed by atoms with van der Waals surface area (Å²) in [5.74, 6) is 0. The Labute approximate surface area is 205 Å². The Morgan fingerprint density at radius 3 is 2.11 bits per heavy atom. The molecule has 0 aliphatic heterocycles. The highest BCUT2D eigenvalue weighted by Crippen LogP contribution is 2.37. The summed E-state index contributed by atoms with van der Waals surface area (Å²) < 4.78 is 5.70. The van der Waals surface area contributed by atoms with E-state index in [0.29, 0.717) is 0 Å². The average molecular weight is 466 g/mol. The summed E-state index contributed by atoms with van der Waals surface area (Å²) in [6.45, 7) is 0. The van der Waals surface area contributed by atoms with Gasteiger partial charge in [0, 0.05) is 27.2 Å². The standard InChI is InChI=1S/C31H19N3S/c1-3-10-27-23(8-1)24-9-2-4-11-28(24)33(27)22-7-5-6-20(18-22)21-12-13-25-26(19-21)31-30(15-17-35-31)34-29(25)14-16-32-34/h1-19H. The molecular weight excluding hydrogens is 446 g/mol. The zero-order chi connectivity index (χ0) is 22.9. The quantitative estimate of drug-likeness (QED) is 0.251. The highest BCUT2D eigenvalue weighted by atomic mass is 32.1. The molecule has 0 N–H and O–H groups in total. The summed E-state index contributed by atoms with van der Waals surface area (Å²) in [5, 5.41) is 11.8. The molecule has 0 unspecified atom stereocenters. The van der Waals surface area contributed by atoms with Crippen molar-refractivity contribution in [3.05, 3.63) is 115 Å². The van der Waals surface area contributed by atoms with E-state index < -0.39 is 0 Å². The molecule has 3 nitrogen and oxygen atoms in total. The topological polar surface area (TPSA) is 22.2 Å². The maximum atomic E-state index is 4.56. The maximum absolute atomic E-state index is 4.56. The molecule has 0 fully saturated rings. The van der Waals surface area contributed by atoms with Gasteiger partial charge in [-0.25, -0.2) is 4.52 Å². The number of fused-ring (bicyclic) bond motifs is 9. The summed E-state index contributed by atoms with van der Waals surface area (Å²) in [5.41, 5.74) is 8.38. The number of aromatic nitrogens is 3. The molecule has 4 aromatic heterocycles. The largest absolute Gasteiger partial charge is 0.309 e. The van der Waals surface area contributed by atoms with Crippen molar-refractivity contribution in [1.82, 2.24) is 14.2 Å². The first-order valence-corrected chi connectivity index (χ1v) is 12.6. The molecule has 8 aromatic rings. The van der Waals surface area contributed by atoms with Crippen LogP contribution in [0.15, 0.2) is 115 Å². The molecule has 0 amide bonds. The molecule has 0 saturated heterocycles. The van der Waals surface area contributed by atoms with Crippen LogP contribution < -0.4 is 0 Å². The van der Waals surface area contributed by atoms with Crippen LogP contribution in [0.1, 0.15) is 0 Å². The van der Waals surface area contributed by atoms with Crippen LogP contribution in [0.3, 0.4) is 0 Å². The lowest BCUT2D eigenvalue weighted by Gasteiger charge is -2.11. The van der Waals surface area contributed by atoms with E-state index in [2.05, 4.69) is 123 Å². The molecule has 8 rings (SSSR count). The Balaban J connectivity index is 1.37. The number of thiophene rings is 1. The first-order chi connectivity index (χ1) is 17.4. The van der Waals surface area contributed by atoms with Gasteiger partial charge in [-0.1, -0.05) is 60.7 Å². The van der Waals surface area contributed by atoms with Crippen molar-refractivity contribution in [1.29, 1.82) is 0 Å². The van der Waals surface area contributed by atoms with Crippen LogP contribution >= 0.6 is 11.3 Å². The van der Waals surface area contributed by atoms with Gasteiger partial charge < -0.3 is 4.57 Å². The summed E-state index contributed by atoms with van der Waals surface area (Å²) in [7, 11) is 0. The van der Waals surface area contributed by atoms with Crippen molar-refractivity contribution < 1.29 is 0 Å². The zero-order valence-corrected chi connectivity index (χ0v) is 19.5. The van der Waals surface area contributed by atoms with Crippen molar-refractivity contribution >= 4 is 59.6 Å². The van der Waals surface area contributed by atoms with E-state index in [0.717, 1.165) is 5.52 Å². The van der Waals surface area contributed by atoms with Gasteiger partial charge in [-0.3, -0.25) is 0 Å². The van der Waals surface area contributed by atoms with E-state index in [4.69, 9.17) is 0 Å². The van der Waals surface area contributed by atoms with Crippen LogP contribution in [0.4, 0.5) is 0 Å². The van der Waals surface area contributed by atoms with Crippen LogP contribution in [-0.4, -0.2) is 14.2 Å². The van der Waals surface area contributed by atoms with Gasteiger partial charge >= 0.3 is 0 Å². The summed E-state index contributed by atoms with van der Waals surface area (Å²) in [6.07, 6.45) is 1.88. The molecule has 35 heavy (non-hydrogen) atoms. The second-order valence-corrected chi connectivity index (χ2v) is 9.86. The zero-order valence-electron chi connectivity index (χ0n) is 18.7. The van der Waals surface area contributed by atoms with E-state index >= 15 is 0 Å². The van der Waals surface area contributed by atoms with Gasteiger partial charge in [-0.15, -0.1) is 11.3 Å². The highest BCUT2D eigenvalue weighted by Gasteiger charge is 2.14. The Morgan fingerprint density at radius 1 is 0.543 bits per heavy atom. The molecule has 0 spiro atoms. The summed E-state index contributed by atoms with van der Waals surface area (Å²) >= 11 is 1.78. The molecule has 0 bridgehead atoms. The van der Waals surface area contributed by atoms with Crippen molar-refractivity contribution in [2.45, 2.75) is 0 Å². The number of rotatable bonds is 2. The predicted molar refractivity (Wildman–Crippen MR) is 148 cm³/mol. The predicted octanol–water partition coefficient (Wildman–Crippen LogP) is 8.47. The third-order valence-corrected chi connectivity index (χ3v) is 8.01. The van der Waals surface area contributed by atoms with Crippen LogP contribution in [0, 0.1) is 0 Å². The molecule has 0 atom stereocenters. The number of hydrogen-bond acceptors (Lipinski definition) is 2. The third-order valence-electron chi connectivity index (χ3n) is 7.07. The molecule has 4 heteroatoms. The first-order valence-electron chi connectivity index (χ1n) is 11.7. The minimum absolute atomic E-state index is 1.15. The van der Waals surface area contributed by atoms with Gasteiger partial charge in [0.15, 0.2) is 0 Å². The summed E-state index contributed by atoms with van der Waals surface area (Å²) in [4.78, 5) is 0. The third kappa shape index (κ3) is 2.63. The lowest BCUT2D eigenvalue weighted by molar-refractivity contribution is 1.01. The van der Waals surface area contributed by atoms with E-state index in [1.54, 1.807) is 11.3 Å². The van der Waals surface area contributed by atoms with Crippen molar-refractivity contribution in [2.24, 2.45) is 0 Å². The van der Waals surface area contributed by atoms with Gasteiger partial charge in [-0.2, -0.15) is 5.10 Å². The number of nitrogens with zero attached hydrogens (tertiary/aromatic N) is 3. The molecule has 164 valence electrons. The first kappa shape index (κ1) is 19.0. The second kappa shape index (κ2) is 7.05. The molecule has 0 saturated carbocycles. The fourth-order valence-corrected chi connectivity index (χ4v) is 6.43. The lowest BCUT2D eigenvalue weighted by Crippen LogP contribution is -1.94. The van der Waals surface area contributed by atoms with Crippen molar-refractivity contribution in [2.75, 3.05) is 0 Å². The number of pyridine rings is 1. The average Bonchev–Trinajstić information content (AvgIpc) is 3.66. The lowest BCUT2D eigenvalue weighted by atomic mass is 10.0. The molecule has 0 radical (unpaired) electrons. The Kier molecular flexibility index (Phi) is 3.82. The van der Waals surface area contributed by atoms with Crippen LogP contribution in [0.2, 0.25) is 0 Å². The molecular formula is C31H19N3S. The Hall–Kier alpha value is -4.41. The van der Waals surface area contributed by atoms with E-state index in [9.17, 15) is 0 Å². The minimum atomic E-state index is 1.15. The SMILES string of the molecule is c1cc(-c2ccc3c(c2)c2sccc2n2nccc32)cc(-n2c3ccccc3c3ccccc32)c1. The minimum Gasteiger partial charge on any atom is -0.309 e. The van der Waals surface area contributed by atoms with Crippen molar-refractivity contribution in [3.8, 4) is 16.8 Å². The van der Waals surface area contributed by atoms with Crippen LogP contribution in [0.25, 0.3) is 65.1 Å². The summed E-state index contributed by atoms with van der Waals surface area (Å²) in [6, 6.07) is 37.3. The van der Waals surface area contributed by atoms with E-state index in [1.165, 1.54) is 59.6 Å². The van der Waals surface area contributed by atoms with Gasteiger partial charge in [-0.05, 0) is 59.0 Å². The molecule has 0 aliphatic rings. The molecule has 0 aliphatic carbocycles. The Morgan fingerprint density at radius 2 is 1.29 bits per heavy atom. The van der Waals surface area contributed by atoms with Gasteiger partial charge in [0.05, 0.1) is 33.0 Å². The number of benzene rings is 4. The number of para-hydroxylation sites is 2. The number of hydrogen-bond donors (Lipinski definition) is 0. The smallest absolute Gasteiger partial charge is 0.0839 e. The molecule has 4 aromatic carbocycles. The fourth-order valence-electron chi connectivity index (χ4n) is 5.53. The van der Waals surface area contributed by atoms with E-state index in [-0.39, 0.29) is 0 Å². The van der Waals surface area contributed by atoms with E-state index in [1.807, 2.05) is 6.20 Å². The highest BCUT2D eigenvalue weighted by molar-refractivity contribution is 7.18. The van der Waals surface area contributed by atoms with Crippen molar-refractivity contribution in [3.63, 3.8) is 0 Å². The van der Waals surface area contributed by atoms with Gasteiger partial charge in [0.25, 0.3) is 0 Å². The Bertz CT molecular complexity index is 2020. The molecule has 4 heterocycles. The normalized spacial score (nSPS) is 12.0. The van der Waals surface area contributed by atoms with Gasteiger partial charge in [0.1, 0.15) is 0 Å². The fraction of sp³-hybridized carbons (Fsp3) is 0. The van der Waals surface area contributed by atoms with Crippen LogP contribution in [-0.2, 0) is 0 Å². The maximum Gasteiger partial charge on any atom is 0.0839 e. The van der Waals surface area contributed by atoms with Crippen LogP contribution in [0.5, 0.6) is 0 Å². The van der Waals surface area contributed by atoms with Gasteiger partial charge in [0.2, 0.25) is 0 Å².